The van der Waals surface area contributed by atoms with Crippen LogP contribution in [0.15, 0.2) is 78.2 Å². The molecule has 6 heteroatoms. The summed E-state index contributed by atoms with van der Waals surface area (Å²) in [5.41, 5.74) is 5.34. The van der Waals surface area contributed by atoms with Crippen LogP contribution in [0.5, 0.6) is 5.75 Å². The van der Waals surface area contributed by atoms with Crippen LogP contribution in [-0.4, -0.2) is 18.0 Å². The normalized spacial score (nSPS) is 11.2. The molecule has 1 amide bonds. The molecule has 0 atom stereocenters. The van der Waals surface area contributed by atoms with Crippen LogP contribution >= 0.6 is 11.3 Å². The smallest absolute Gasteiger partial charge is 0.255 e. The number of hydrogen-bond donors (Lipinski definition) is 2. The minimum Gasteiger partial charge on any atom is -0.497 e. The molecule has 168 valence electrons. The minimum absolute atomic E-state index is 0.0535. The Balaban J connectivity index is 1.45. The highest BCUT2D eigenvalue weighted by atomic mass is 32.1. The number of methoxy groups -OCH3 is 1. The van der Waals surface area contributed by atoms with Gasteiger partial charge in [0.25, 0.3) is 5.91 Å². The number of rotatable bonds is 6. The Morgan fingerprint density at radius 2 is 1.67 bits per heavy atom. The summed E-state index contributed by atoms with van der Waals surface area (Å²) in [4.78, 5) is 17.4. The SMILES string of the molecule is COc1ccc(Nc2nc(-c3cccc(NC(=O)c4ccc(C(C)(C)C)cc4)c3)cs2)cc1. The number of ether oxygens (including phenoxy) is 1. The summed E-state index contributed by atoms with van der Waals surface area (Å²) in [6.45, 7) is 6.47. The average Bonchev–Trinajstić information content (AvgIpc) is 3.28. The lowest BCUT2D eigenvalue weighted by atomic mass is 9.87. The van der Waals surface area contributed by atoms with E-state index < -0.39 is 0 Å². The van der Waals surface area contributed by atoms with Gasteiger partial charge in [0.1, 0.15) is 5.75 Å². The molecule has 0 saturated carbocycles. The van der Waals surface area contributed by atoms with Gasteiger partial charge in [-0.2, -0.15) is 0 Å². The van der Waals surface area contributed by atoms with Gasteiger partial charge in [-0.15, -0.1) is 11.3 Å². The first-order chi connectivity index (χ1) is 15.8. The Hall–Kier alpha value is -3.64. The zero-order chi connectivity index (χ0) is 23.4. The third kappa shape index (κ3) is 5.59. The summed E-state index contributed by atoms with van der Waals surface area (Å²) in [7, 11) is 1.65. The Kier molecular flexibility index (Phi) is 6.47. The molecule has 1 aromatic heterocycles. The van der Waals surface area contributed by atoms with Crippen molar-refractivity contribution >= 4 is 33.8 Å². The highest BCUT2D eigenvalue weighted by Crippen LogP contribution is 2.29. The highest BCUT2D eigenvalue weighted by Gasteiger charge is 2.14. The van der Waals surface area contributed by atoms with E-state index in [1.807, 2.05) is 78.2 Å². The van der Waals surface area contributed by atoms with E-state index in [0.717, 1.165) is 33.5 Å². The zero-order valence-corrected chi connectivity index (χ0v) is 20.0. The quantitative estimate of drug-likeness (QED) is 0.324. The molecule has 4 aromatic rings. The van der Waals surface area contributed by atoms with Crippen LogP contribution < -0.4 is 15.4 Å². The van der Waals surface area contributed by atoms with Gasteiger partial charge >= 0.3 is 0 Å². The first-order valence-corrected chi connectivity index (χ1v) is 11.6. The first kappa shape index (κ1) is 22.6. The van der Waals surface area contributed by atoms with Gasteiger partial charge in [0.15, 0.2) is 5.13 Å². The second-order valence-electron chi connectivity index (χ2n) is 8.75. The molecule has 5 nitrogen and oxygen atoms in total. The molecule has 0 unspecified atom stereocenters. The number of anilines is 3. The van der Waals surface area contributed by atoms with Crippen LogP contribution in [-0.2, 0) is 5.41 Å². The monoisotopic (exact) mass is 457 g/mol. The van der Waals surface area contributed by atoms with Crippen LogP contribution in [0.4, 0.5) is 16.5 Å². The molecule has 3 aromatic carbocycles. The number of benzene rings is 3. The molecular formula is C27H27N3O2S. The Morgan fingerprint density at radius 3 is 2.33 bits per heavy atom. The molecule has 0 radical (unpaired) electrons. The number of nitrogens with zero attached hydrogens (tertiary/aromatic N) is 1. The van der Waals surface area contributed by atoms with Crippen LogP contribution in [0.2, 0.25) is 0 Å². The van der Waals surface area contributed by atoms with Gasteiger partial charge in [-0.1, -0.05) is 45.0 Å². The number of carbonyl (C=O) groups excluding carboxylic acids is 1. The maximum atomic E-state index is 12.7. The van der Waals surface area contributed by atoms with Crippen molar-refractivity contribution in [3.8, 4) is 17.0 Å². The molecular weight excluding hydrogens is 430 g/mol. The van der Waals surface area contributed by atoms with Crippen LogP contribution in [0.25, 0.3) is 11.3 Å². The second-order valence-corrected chi connectivity index (χ2v) is 9.61. The molecule has 0 aliphatic rings. The van der Waals surface area contributed by atoms with E-state index in [2.05, 4.69) is 31.4 Å². The van der Waals surface area contributed by atoms with Gasteiger partial charge < -0.3 is 15.4 Å². The molecule has 0 spiro atoms. The number of thiazole rings is 1. The fraction of sp³-hybridized carbons (Fsp3) is 0.185. The standard InChI is InChI=1S/C27H27N3O2S/c1-27(2,3)20-10-8-18(9-11-20)25(31)28-22-7-5-6-19(16-22)24-17-33-26(30-24)29-21-12-14-23(32-4)15-13-21/h5-17H,1-4H3,(H,28,31)(H,29,30). The van der Waals surface area contributed by atoms with Crippen molar-refractivity contribution in [1.29, 1.82) is 0 Å². The number of hydrogen-bond acceptors (Lipinski definition) is 5. The van der Waals surface area contributed by atoms with Gasteiger partial charge in [-0.05, 0) is 59.5 Å². The molecule has 2 N–H and O–H groups in total. The van der Waals surface area contributed by atoms with Gasteiger partial charge in [0.2, 0.25) is 0 Å². The molecule has 1 heterocycles. The minimum atomic E-state index is -0.132. The first-order valence-electron chi connectivity index (χ1n) is 10.7. The Morgan fingerprint density at radius 1 is 0.939 bits per heavy atom. The molecule has 0 fully saturated rings. The van der Waals surface area contributed by atoms with E-state index >= 15 is 0 Å². The summed E-state index contributed by atoms with van der Waals surface area (Å²) in [5, 5.41) is 9.10. The van der Waals surface area contributed by atoms with E-state index in [4.69, 9.17) is 9.72 Å². The summed E-state index contributed by atoms with van der Waals surface area (Å²) < 4.78 is 5.20. The third-order valence-electron chi connectivity index (χ3n) is 5.27. The summed E-state index contributed by atoms with van der Waals surface area (Å²) >= 11 is 1.53. The lowest BCUT2D eigenvalue weighted by Crippen LogP contribution is -2.14. The topological polar surface area (TPSA) is 63.2 Å². The third-order valence-corrected chi connectivity index (χ3v) is 6.03. The van der Waals surface area contributed by atoms with Crippen molar-refractivity contribution in [1.82, 2.24) is 4.98 Å². The van der Waals surface area contributed by atoms with Crippen molar-refractivity contribution in [3.63, 3.8) is 0 Å². The average molecular weight is 458 g/mol. The van der Waals surface area contributed by atoms with Gasteiger partial charge in [-0.3, -0.25) is 4.79 Å². The van der Waals surface area contributed by atoms with Crippen LogP contribution in [0.1, 0.15) is 36.7 Å². The molecule has 0 saturated heterocycles. The Labute approximate surface area is 198 Å². The Bertz CT molecular complexity index is 1240. The summed E-state index contributed by atoms with van der Waals surface area (Å²) in [6.07, 6.45) is 0. The van der Waals surface area contributed by atoms with E-state index in [1.165, 1.54) is 16.9 Å². The molecule has 33 heavy (non-hydrogen) atoms. The largest absolute Gasteiger partial charge is 0.497 e. The zero-order valence-electron chi connectivity index (χ0n) is 19.2. The van der Waals surface area contributed by atoms with Crippen LogP contribution in [0, 0.1) is 0 Å². The van der Waals surface area contributed by atoms with Crippen molar-refractivity contribution in [2.75, 3.05) is 17.7 Å². The van der Waals surface area contributed by atoms with Crippen molar-refractivity contribution in [3.05, 3.63) is 89.3 Å². The predicted molar refractivity (Wildman–Crippen MR) is 137 cm³/mol. The number of carbonyl (C=O) groups is 1. The maximum Gasteiger partial charge on any atom is 0.255 e. The van der Waals surface area contributed by atoms with E-state index in [-0.39, 0.29) is 11.3 Å². The predicted octanol–water partition coefficient (Wildman–Crippen LogP) is 7.11. The summed E-state index contributed by atoms with van der Waals surface area (Å²) in [6, 6.07) is 23.2. The fourth-order valence-electron chi connectivity index (χ4n) is 3.34. The summed E-state index contributed by atoms with van der Waals surface area (Å²) in [5.74, 6) is 0.678. The van der Waals surface area contributed by atoms with E-state index in [1.54, 1.807) is 7.11 Å². The fourth-order valence-corrected chi connectivity index (χ4v) is 4.08. The molecule has 0 aliphatic carbocycles. The maximum absolute atomic E-state index is 12.7. The number of nitrogens with one attached hydrogen (secondary N) is 2. The second kappa shape index (κ2) is 9.46. The number of amides is 1. The van der Waals surface area contributed by atoms with Crippen molar-refractivity contribution in [2.24, 2.45) is 0 Å². The number of aromatic nitrogens is 1. The van der Waals surface area contributed by atoms with E-state index in [9.17, 15) is 4.79 Å². The van der Waals surface area contributed by atoms with Crippen molar-refractivity contribution < 1.29 is 9.53 Å². The lowest BCUT2D eigenvalue weighted by molar-refractivity contribution is 0.102. The highest BCUT2D eigenvalue weighted by molar-refractivity contribution is 7.14. The van der Waals surface area contributed by atoms with E-state index in [0.29, 0.717) is 5.56 Å². The molecule has 0 aliphatic heterocycles. The van der Waals surface area contributed by atoms with Gasteiger partial charge in [-0.25, -0.2) is 4.98 Å². The van der Waals surface area contributed by atoms with Crippen LogP contribution in [0.3, 0.4) is 0 Å². The molecule has 0 bridgehead atoms. The molecule has 4 rings (SSSR count). The van der Waals surface area contributed by atoms with Gasteiger partial charge in [0, 0.05) is 27.9 Å². The van der Waals surface area contributed by atoms with Gasteiger partial charge in [0.05, 0.1) is 12.8 Å². The lowest BCUT2D eigenvalue weighted by Gasteiger charge is -2.19. The van der Waals surface area contributed by atoms with Crippen molar-refractivity contribution in [2.45, 2.75) is 26.2 Å².